The minimum atomic E-state index is 0. The third-order valence-corrected chi connectivity index (χ3v) is 4.35. The summed E-state index contributed by atoms with van der Waals surface area (Å²) in [5.41, 5.74) is 0. The number of hydrogen-bond acceptors (Lipinski definition) is 3. The standard InChI is InChI=1S/C15H26N4S.HI/c1-3-16-15(17-9-4-5-13-6-7-13)18-10-8-14-19-11-12(2)20-14;/h11,13H,3-10H2,1-2H3,(H2,16,17,18);1H. The molecule has 0 unspecified atom stereocenters. The zero-order valence-corrected chi connectivity index (χ0v) is 16.2. The van der Waals surface area contributed by atoms with Gasteiger partial charge in [-0.2, -0.15) is 0 Å². The highest BCUT2D eigenvalue weighted by Crippen LogP contribution is 2.33. The van der Waals surface area contributed by atoms with Gasteiger partial charge in [-0.15, -0.1) is 35.3 Å². The number of guanidine groups is 1. The Morgan fingerprint density at radius 2 is 2.24 bits per heavy atom. The Balaban J connectivity index is 0.00000220. The number of nitrogens with zero attached hydrogens (tertiary/aromatic N) is 2. The lowest BCUT2D eigenvalue weighted by molar-refractivity contribution is 0.670. The number of nitrogens with one attached hydrogen (secondary N) is 2. The topological polar surface area (TPSA) is 49.3 Å². The van der Waals surface area contributed by atoms with E-state index in [9.17, 15) is 0 Å². The summed E-state index contributed by atoms with van der Waals surface area (Å²) >= 11 is 1.77. The van der Waals surface area contributed by atoms with Crippen LogP contribution in [0.15, 0.2) is 11.2 Å². The van der Waals surface area contributed by atoms with E-state index in [2.05, 4.69) is 34.5 Å². The van der Waals surface area contributed by atoms with Crippen molar-refractivity contribution in [3.05, 3.63) is 16.1 Å². The maximum absolute atomic E-state index is 4.63. The smallest absolute Gasteiger partial charge is 0.191 e. The molecule has 2 N–H and O–H groups in total. The number of halogens is 1. The average Bonchev–Trinajstić information content (AvgIpc) is 3.17. The first-order valence-electron chi connectivity index (χ1n) is 7.71. The van der Waals surface area contributed by atoms with Crippen molar-refractivity contribution in [1.82, 2.24) is 15.6 Å². The van der Waals surface area contributed by atoms with Crippen LogP contribution in [0.1, 0.15) is 42.5 Å². The van der Waals surface area contributed by atoms with Crippen molar-refractivity contribution >= 4 is 41.3 Å². The fourth-order valence-electron chi connectivity index (χ4n) is 2.12. The van der Waals surface area contributed by atoms with Gasteiger partial charge in [0.15, 0.2) is 5.96 Å². The minimum Gasteiger partial charge on any atom is -0.357 e. The van der Waals surface area contributed by atoms with Gasteiger partial charge in [0.05, 0.1) is 5.01 Å². The van der Waals surface area contributed by atoms with Crippen LogP contribution in [0.3, 0.4) is 0 Å². The van der Waals surface area contributed by atoms with Gasteiger partial charge in [0.2, 0.25) is 0 Å². The molecule has 1 aromatic rings. The molecule has 4 nitrogen and oxygen atoms in total. The highest BCUT2D eigenvalue weighted by molar-refractivity contribution is 14.0. The number of rotatable bonds is 8. The largest absolute Gasteiger partial charge is 0.357 e. The fourth-order valence-corrected chi connectivity index (χ4v) is 2.91. The molecular weight excluding hydrogens is 395 g/mol. The van der Waals surface area contributed by atoms with Crippen LogP contribution in [0, 0.1) is 12.8 Å². The third-order valence-electron chi connectivity index (χ3n) is 3.38. The molecule has 1 fully saturated rings. The number of hydrogen-bond donors (Lipinski definition) is 2. The summed E-state index contributed by atoms with van der Waals surface area (Å²) in [5.74, 6) is 1.95. The second kappa shape index (κ2) is 10.4. The molecule has 1 saturated carbocycles. The van der Waals surface area contributed by atoms with E-state index < -0.39 is 0 Å². The summed E-state index contributed by atoms with van der Waals surface area (Å²) in [4.78, 5) is 10.3. The number of aromatic nitrogens is 1. The molecule has 1 aromatic heterocycles. The summed E-state index contributed by atoms with van der Waals surface area (Å²) in [6, 6.07) is 0. The van der Waals surface area contributed by atoms with Crippen molar-refractivity contribution in [3.8, 4) is 0 Å². The number of aryl methyl sites for hydroxylation is 1. The Morgan fingerprint density at radius 3 is 2.86 bits per heavy atom. The molecule has 120 valence electrons. The molecule has 1 aliphatic carbocycles. The molecular formula is C15H27IN4S. The van der Waals surface area contributed by atoms with Crippen LogP contribution in [0.2, 0.25) is 0 Å². The molecule has 0 spiro atoms. The van der Waals surface area contributed by atoms with Crippen LogP contribution in [0.5, 0.6) is 0 Å². The van der Waals surface area contributed by atoms with Crippen molar-refractivity contribution in [2.24, 2.45) is 10.9 Å². The second-order valence-electron chi connectivity index (χ2n) is 5.39. The van der Waals surface area contributed by atoms with Gasteiger partial charge in [-0.05, 0) is 32.6 Å². The maximum Gasteiger partial charge on any atom is 0.191 e. The summed E-state index contributed by atoms with van der Waals surface area (Å²) < 4.78 is 0. The molecule has 0 bridgehead atoms. The zero-order chi connectivity index (χ0) is 14.2. The molecule has 21 heavy (non-hydrogen) atoms. The van der Waals surface area contributed by atoms with Gasteiger partial charge in [0, 0.05) is 37.1 Å². The second-order valence-corrected chi connectivity index (χ2v) is 6.71. The molecule has 6 heteroatoms. The monoisotopic (exact) mass is 422 g/mol. The highest BCUT2D eigenvalue weighted by atomic mass is 127. The third kappa shape index (κ3) is 7.99. The van der Waals surface area contributed by atoms with Crippen LogP contribution in [0.25, 0.3) is 0 Å². The van der Waals surface area contributed by atoms with Crippen LogP contribution >= 0.6 is 35.3 Å². The van der Waals surface area contributed by atoms with Crippen molar-refractivity contribution < 1.29 is 0 Å². The van der Waals surface area contributed by atoms with E-state index in [1.54, 1.807) is 11.3 Å². The van der Waals surface area contributed by atoms with Crippen molar-refractivity contribution in [3.63, 3.8) is 0 Å². The van der Waals surface area contributed by atoms with E-state index in [0.717, 1.165) is 37.9 Å². The van der Waals surface area contributed by atoms with Crippen LogP contribution in [-0.4, -0.2) is 30.6 Å². The van der Waals surface area contributed by atoms with Gasteiger partial charge in [0.25, 0.3) is 0 Å². The molecule has 2 rings (SSSR count). The normalized spacial score (nSPS) is 14.7. The Bertz CT molecular complexity index is 429. The van der Waals surface area contributed by atoms with E-state index in [1.807, 2.05) is 6.20 Å². The van der Waals surface area contributed by atoms with Gasteiger partial charge in [-0.25, -0.2) is 4.98 Å². The predicted octanol–water partition coefficient (Wildman–Crippen LogP) is 3.36. The summed E-state index contributed by atoms with van der Waals surface area (Å²) in [6.45, 7) is 6.93. The van der Waals surface area contributed by atoms with Gasteiger partial charge < -0.3 is 10.6 Å². The molecule has 0 aliphatic heterocycles. The van der Waals surface area contributed by atoms with Crippen molar-refractivity contribution in [2.75, 3.05) is 19.6 Å². The molecule has 0 amide bonds. The molecule has 0 saturated heterocycles. The molecule has 1 heterocycles. The van der Waals surface area contributed by atoms with Crippen LogP contribution < -0.4 is 10.6 Å². The molecule has 1 aliphatic rings. The quantitative estimate of drug-likeness (QED) is 0.292. The lowest BCUT2D eigenvalue weighted by Gasteiger charge is -2.10. The summed E-state index contributed by atoms with van der Waals surface area (Å²) in [6.07, 6.45) is 8.35. The van der Waals surface area contributed by atoms with Crippen LogP contribution in [-0.2, 0) is 6.42 Å². The van der Waals surface area contributed by atoms with Gasteiger partial charge in [0.1, 0.15) is 0 Å². The summed E-state index contributed by atoms with van der Waals surface area (Å²) in [7, 11) is 0. The molecule has 0 atom stereocenters. The lowest BCUT2D eigenvalue weighted by atomic mass is 10.2. The lowest BCUT2D eigenvalue weighted by Crippen LogP contribution is -2.38. The molecule has 0 aromatic carbocycles. The van der Waals surface area contributed by atoms with E-state index >= 15 is 0 Å². The maximum atomic E-state index is 4.63. The van der Waals surface area contributed by atoms with Gasteiger partial charge in [-0.1, -0.05) is 12.8 Å². The Kier molecular flexibility index (Phi) is 9.23. The Morgan fingerprint density at radius 1 is 1.43 bits per heavy atom. The average molecular weight is 422 g/mol. The van der Waals surface area contributed by atoms with Gasteiger partial charge >= 0.3 is 0 Å². The van der Waals surface area contributed by atoms with Crippen molar-refractivity contribution in [1.29, 1.82) is 0 Å². The number of aliphatic imine (C=N–C) groups is 1. The first-order valence-corrected chi connectivity index (χ1v) is 8.53. The first-order chi connectivity index (χ1) is 9.78. The predicted molar refractivity (Wildman–Crippen MR) is 102 cm³/mol. The van der Waals surface area contributed by atoms with E-state index in [4.69, 9.17) is 0 Å². The van der Waals surface area contributed by atoms with Crippen LogP contribution in [0.4, 0.5) is 0 Å². The Hall–Kier alpha value is -0.370. The summed E-state index contributed by atoms with van der Waals surface area (Å²) in [5, 5.41) is 7.88. The molecule has 0 radical (unpaired) electrons. The first kappa shape index (κ1) is 18.7. The minimum absolute atomic E-state index is 0. The van der Waals surface area contributed by atoms with E-state index in [0.29, 0.717) is 0 Å². The fraction of sp³-hybridized carbons (Fsp3) is 0.733. The Labute approximate surface area is 149 Å². The van der Waals surface area contributed by atoms with E-state index in [-0.39, 0.29) is 24.0 Å². The van der Waals surface area contributed by atoms with Crippen molar-refractivity contribution in [2.45, 2.75) is 46.0 Å². The van der Waals surface area contributed by atoms with Gasteiger partial charge in [-0.3, -0.25) is 4.99 Å². The van der Waals surface area contributed by atoms with E-state index in [1.165, 1.54) is 35.6 Å². The zero-order valence-electron chi connectivity index (χ0n) is 13.0. The number of thiazole rings is 1. The SMILES string of the molecule is CCNC(=NCCCC1CC1)NCCc1ncc(C)s1.I. The highest BCUT2D eigenvalue weighted by Gasteiger charge is 2.19.